The number of ether oxygens (including phenoxy) is 1. The van der Waals surface area contributed by atoms with E-state index < -0.39 is 0 Å². The number of halogens is 2. The smallest absolute Gasteiger partial charge is 0.131 e. The van der Waals surface area contributed by atoms with E-state index in [1.54, 1.807) is 0 Å². The van der Waals surface area contributed by atoms with Gasteiger partial charge in [-0.1, -0.05) is 36.4 Å². The van der Waals surface area contributed by atoms with E-state index in [-0.39, 0.29) is 24.8 Å². The molecule has 0 radical (unpaired) electrons. The third-order valence-corrected chi connectivity index (χ3v) is 5.25. The van der Waals surface area contributed by atoms with Crippen molar-refractivity contribution in [3.8, 4) is 11.5 Å². The Kier molecular flexibility index (Phi) is 7.14. The Hall–Kier alpha value is -1.26. The summed E-state index contributed by atoms with van der Waals surface area (Å²) < 4.78 is 6.09. The van der Waals surface area contributed by atoms with Gasteiger partial charge in [0.15, 0.2) is 0 Å². The van der Waals surface area contributed by atoms with Crippen molar-refractivity contribution < 1.29 is 4.74 Å². The van der Waals surface area contributed by atoms with Crippen LogP contribution < -0.4 is 10.1 Å². The van der Waals surface area contributed by atoms with Crippen molar-refractivity contribution in [1.82, 2.24) is 10.2 Å². The number of piperidine rings is 1. The van der Waals surface area contributed by atoms with E-state index in [2.05, 4.69) is 28.4 Å². The van der Waals surface area contributed by atoms with Gasteiger partial charge in [0.1, 0.15) is 11.5 Å². The molecule has 5 heteroatoms. The van der Waals surface area contributed by atoms with E-state index in [1.807, 2.05) is 36.4 Å². The summed E-state index contributed by atoms with van der Waals surface area (Å²) in [4.78, 5) is 2.57. The summed E-state index contributed by atoms with van der Waals surface area (Å²) in [6.07, 6.45) is 2.64. The Morgan fingerprint density at radius 2 is 1.52 bits per heavy atom. The maximum absolute atomic E-state index is 6.09. The van der Waals surface area contributed by atoms with Crippen LogP contribution in [-0.4, -0.2) is 31.1 Å². The molecule has 136 valence electrons. The van der Waals surface area contributed by atoms with Crippen molar-refractivity contribution in [3.05, 3.63) is 60.2 Å². The Balaban J connectivity index is 0.00000113. The topological polar surface area (TPSA) is 24.5 Å². The van der Waals surface area contributed by atoms with Gasteiger partial charge in [0.25, 0.3) is 0 Å². The summed E-state index contributed by atoms with van der Waals surface area (Å²) >= 11 is 0. The second kappa shape index (κ2) is 8.91. The summed E-state index contributed by atoms with van der Waals surface area (Å²) in [5.41, 5.74) is 1.88. The molecule has 2 heterocycles. The second-order valence-electron chi connectivity index (χ2n) is 6.90. The van der Waals surface area contributed by atoms with Crippen LogP contribution in [0.15, 0.2) is 54.6 Å². The lowest BCUT2D eigenvalue weighted by molar-refractivity contribution is 0.0517. The van der Waals surface area contributed by atoms with E-state index in [1.165, 1.54) is 44.6 Å². The SMILES string of the molecule is Cl.Cl.c1ccc(Oc2ccccc2CN2CCC3(CC2)CNC3)cc1. The fourth-order valence-electron chi connectivity index (χ4n) is 3.61. The number of nitrogens with one attached hydrogen (secondary N) is 1. The number of benzene rings is 2. The molecular weight excluding hydrogens is 355 g/mol. The highest BCUT2D eigenvalue weighted by molar-refractivity contribution is 5.85. The minimum atomic E-state index is 0. The first kappa shape index (κ1) is 20.1. The van der Waals surface area contributed by atoms with Gasteiger partial charge in [-0.25, -0.2) is 0 Å². The maximum atomic E-state index is 6.09. The fraction of sp³-hybridized carbons (Fsp3) is 0.400. The number of hydrogen-bond donors (Lipinski definition) is 1. The monoisotopic (exact) mass is 380 g/mol. The molecule has 1 spiro atoms. The van der Waals surface area contributed by atoms with E-state index in [9.17, 15) is 0 Å². The first-order valence-electron chi connectivity index (χ1n) is 8.57. The summed E-state index contributed by atoms with van der Waals surface area (Å²) in [6, 6.07) is 18.5. The highest BCUT2D eigenvalue weighted by Crippen LogP contribution is 2.36. The van der Waals surface area contributed by atoms with Crippen LogP contribution in [0.25, 0.3) is 0 Å². The molecule has 2 fully saturated rings. The van der Waals surface area contributed by atoms with Gasteiger partial charge in [-0.05, 0) is 49.5 Å². The third-order valence-electron chi connectivity index (χ3n) is 5.25. The summed E-state index contributed by atoms with van der Waals surface area (Å²) in [5.74, 6) is 1.88. The number of hydrogen-bond acceptors (Lipinski definition) is 3. The van der Waals surface area contributed by atoms with E-state index >= 15 is 0 Å². The largest absolute Gasteiger partial charge is 0.457 e. The van der Waals surface area contributed by atoms with Gasteiger partial charge in [-0.3, -0.25) is 4.90 Å². The van der Waals surface area contributed by atoms with E-state index in [4.69, 9.17) is 4.74 Å². The first-order valence-corrected chi connectivity index (χ1v) is 8.57. The minimum absolute atomic E-state index is 0. The average molecular weight is 381 g/mol. The van der Waals surface area contributed by atoms with Crippen LogP contribution in [0.2, 0.25) is 0 Å². The van der Waals surface area contributed by atoms with Gasteiger partial charge in [-0.2, -0.15) is 0 Å². The number of rotatable bonds is 4. The molecule has 2 aliphatic rings. The summed E-state index contributed by atoms with van der Waals surface area (Å²) in [7, 11) is 0. The third kappa shape index (κ3) is 4.68. The lowest BCUT2D eigenvalue weighted by Gasteiger charge is -2.48. The van der Waals surface area contributed by atoms with Gasteiger partial charge in [0.05, 0.1) is 0 Å². The first-order chi connectivity index (χ1) is 11.3. The normalized spacial score (nSPS) is 18.6. The van der Waals surface area contributed by atoms with Gasteiger partial charge < -0.3 is 10.1 Å². The molecule has 0 aromatic heterocycles. The molecule has 1 N–H and O–H groups in total. The Morgan fingerprint density at radius 1 is 0.880 bits per heavy atom. The second-order valence-corrected chi connectivity index (χ2v) is 6.90. The minimum Gasteiger partial charge on any atom is -0.457 e. The van der Waals surface area contributed by atoms with Crippen LogP contribution in [0, 0.1) is 5.41 Å². The zero-order valence-corrected chi connectivity index (χ0v) is 16.0. The molecule has 25 heavy (non-hydrogen) atoms. The molecule has 0 unspecified atom stereocenters. The summed E-state index contributed by atoms with van der Waals surface area (Å²) in [6.45, 7) is 5.80. The molecule has 0 amide bonds. The summed E-state index contributed by atoms with van der Waals surface area (Å²) in [5, 5.41) is 3.43. The van der Waals surface area contributed by atoms with Crippen molar-refractivity contribution >= 4 is 24.8 Å². The molecule has 4 rings (SSSR count). The van der Waals surface area contributed by atoms with E-state index in [0.717, 1.165) is 18.0 Å². The molecule has 2 aliphatic heterocycles. The molecule has 2 saturated heterocycles. The average Bonchev–Trinajstić information content (AvgIpc) is 2.57. The Labute approximate surface area is 162 Å². The van der Waals surface area contributed by atoms with Gasteiger partial charge in [0, 0.05) is 25.2 Å². The van der Waals surface area contributed by atoms with Crippen LogP contribution in [0.5, 0.6) is 11.5 Å². The van der Waals surface area contributed by atoms with Crippen LogP contribution in [0.3, 0.4) is 0 Å². The quantitative estimate of drug-likeness (QED) is 0.844. The highest BCUT2D eigenvalue weighted by atomic mass is 35.5. The molecular formula is C20H26Cl2N2O. The molecule has 0 aliphatic carbocycles. The molecule has 0 atom stereocenters. The predicted molar refractivity (Wildman–Crippen MR) is 107 cm³/mol. The molecule has 2 aromatic rings. The Morgan fingerprint density at radius 3 is 2.16 bits per heavy atom. The van der Waals surface area contributed by atoms with E-state index in [0.29, 0.717) is 5.41 Å². The zero-order valence-electron chi connectivity index (χ0n) is 14.3. The van der Waals surface area contributed by atoms with Crippen molar-refractivity contribution in [1.29, 1.82) is 0 Å². The zero-order chi connectivity index (χ0) is 15.5. The van der Waals surface area contributed by atoms with Crippen LogP contribution in [0.1, 0.15) is 18.4 Å². The van der Waals surface area contributed by atoms with Crippen molar-refractivity contribution in [3.63, 3.8) is 0 Å². The molecule has 0 bridgehead atoms. The molecule has 0 saturated carbocycles. The van der Waals surface area contributed by atoms with Crippen molar-refractivity contribution in [2.24, 2.45) is 5.41 Å². The van der Waals surface area contributed by atoms with Gasteiger partial charge in [0.2, 0.25) is 0 Å². The molecule has 3 nitrogen and oxygen atoms in total. The van der Waals surface area contributed by atoms with Crippen LogP contribution in [-0.2, 0) is 6.54 Å². The van der Waals surface area contributed by atoms with Crippen LogP contribution in [0.4, 0.5) is 0 Å². The van der Waals surface area contributed by atoms with Crippen molar-refractivity contribution in [2.45, 2.75) is 19.4 Å². The molecule has 2 aromatic carbocycles. The lowest BCUT2D eigenvalue weighted by Crippen LogP contribution is -2.58. The Bertz CT molecular complexity index is 652. The maximum Gasteiger partial charge on any atom is 0.131 e. The highest BCUT2D eigenvalue weighted by Gasteiger charge is 2.39. The predicted octanol–water partition coefficient (Wildman–Crippen LogP) is 4.51. The number of likely N-dealkylation sites (tertiary alicyclic amines) is 1. The van der Waals surface area contributed by atoms with Gasteiger partial charge in [-0.15, -0.1) is 24.8 Å². The number of para-hydroxylation sites is 2. The van der Waals surface area contributed by atoms with Crippen LogP contribution >= 0.6 is 24.8 Å². The fourth-order valence-corrected chi connectivity index (χ4v) is 3.61. The van der Waals surface area contributed by atoms with Gasteiger partial charge >= 0.3 is 0 Å². The number of nitrogens with zero attached hydrogens (tertiary/aromatic N) is 1. The van der Waals surface area contributed by atoms with Crippen molar-refractivity contribution in [2.75, 3.05) is 26.2 Å². The standard InChI is InChI=1S/C20H24N2O.2ClH/c1-2-7-18(8-3-1)23-19-9-5-4-6-17(19)14-22-12-10-20(11-13-22)15-21-16-20;;/h1-9,21H,10-16H2;2*1H. The lowest BCUT2D eigenvalue weighted by atomic mass is 9.73.